The van der Waals surface area contributed by atoms with Crippen LogP contribution in [-0.4, -0.2) is 16.2 Å². The Morgan fingerprint density at radius 3 is 2.79 bits per heavy atom. The van der Waals surface area contributed by atoms with Gasteiger partial charge in [-0.05, 0) is 30.9 Å². The number of aromatic nitrogens is 1. The van der Waals surface area contributed by atoms with Crippen LogP contribution in [0.5, 0.6) is 0 Å². The SMILES string of the molecule is CCC(C)C(O)CCc1ccccn1. The van der Waals surface area contributed by atoms with Crippen LogP contribution in [0.1, 0.15) is 32.4 Å². The first kappa shape index (κ1) is 11.2. The van der Waals surface area contributed by atoms with E-state index in [0.717, 1.165) is 25.0 Å². The first-order valence-corrected chi connectivity index (χ1v) is 5.32. The van der Waals surface area contributed by atoms with Crippen LogP contribution in [0.15, 0.2) is 24.4 Å². The van der Waals surface area contributed by atoms with Gasteiger partial charge in [-0.15, -0.1) is 0 Å². The highest BCUT2D eigenvalue weighted by atomic mass is 16.3. The first-order chi connectivity index (χ1) is 6.74. The third-order valence-electron chi connectivity index (χ3n) is 2.72. The number of hydrogen-bond donors (Lipinski definition) is 1. The molecule has 14 heavy (non-hydrogen) atoms. The van der Waals surface area contributed by atoms with E-state index in [1.807, 2.05) is 18.2 Å². The molecule has 1 aromatic heterocycles. The van der Waals surface area contributed by atoms with Gasteiger partial charge in [0, 0.05) is 11.9 Å². The number of aryl methyl sites for hydroxylation is 1. The molecule has 1 rings (SSSR count). The molecule has 0 radical (unpaired) electrons. The van der Waals surface area contributed by atoms with Gasteiger partial charge in [0.15, 0.2) is 0 Å². The van der Waals surface area contributed by atoms with E-state index in [1.165, 1.54) is 0 Å². The van der Waals surface area contributed by atoms with Crippen molar-refractivity contribution in [2.75, 3.05) is 0 Å². The van der Waals surface area contributed by atoms with Crippen molar-refractivity contribution in [1.82, 2.24) is 4.98 Å². The zero-order valence-corrected chi connectivity index (χ0v) is 8.98. The molecule has 2 atom stereocenters. The fourth-order valence-electron chi connectivity index (χ4n) is 1.40. The minimum Gasteiger partial charge on any atom is -0.393 e. The number of aliphatic hydroxyl groups excluding tert-OH is 1. The molecular weight excluding hydrogens is 174 g/mol. The monoisotopic (exact) mass is 193 g/mol. The molecule has 0 saturated carbocycles. The average molecular weight is 193 g/mol. The molecule has 0 aliphatic carbocycles. The topological polar surface area (TPSA) is 33.1 Å². The Hall–Kier alpha value is -0.890. The van der Waals surface area contributed by atoms with Gasteiger partial charge in [0.25, 0.3) is 0 Å². The van der Waals surface area contributed by atoms with Crippen molar-refractivity contribution in [3.63, 3.8) is 0 Å². The molecule has 0 saturated heterocycles. The summed E-state index contributed by atoms with van der Waals surface area (Å²) in [6.45, 7) is 4.19. The van der Waals surface area contributed by atoms with Crippen molar-refractivity contribution < 1.29 is 5.11 Å². The Balaban J connectivity index is 2.34. The zero-order chi connectivity index (χ0) is 10.4. The molecule has 2 heteroatoms. The van der Waals surface area contributed by atoms with Crippen LogP contribution >= 0.6 is 0 Å². The summed E-state index contributed by atoms with van der Waals surface area (Å²) in [5.74, 6) is 0.388. The second-order valence-corrected chi connectivity index (χ2v) is 3.81. The highest BCUT2D eigenvalue weighted by Crippen LogP contribution is 2.12. The lowest BCUT2D eigenvalue weighted by Crippen LogP contribution is -2.17. The molecule has 0 bridgehead atoms. The summed E-state index contributed by atoms with van der Waals surface area (Å²) in [5.41, 5.74) is 1.06. The Bertz CT molecular complexity index is 248. The van der Waals surface area contributed by atoms with Gasteiger partial charge in [-0.25, -0.2) is 0 Å². The van der Waals surface area contributed by atoms with Gasteiger partial charge >= 0.3 is 0 Å². The molecule has 0 aliphatic heterocycles. The summed E-state index contributed by atoms with van der Waals surface area (Å²) >= 11 is 0. The molecule has 1 aromatic rings. The Morgan fingerprint density at radius 1 is 1.43 bits per heavy atom. The summed E-state index contributed by atoms with van der Waals surface area (Å²) in [6, 6.07) is 5.90. The summed E-state index contributed by atoms with van der Waals surface area (Å²) < 4.78 is 0. The molecule has 1 N–H and O–H groups in total. The number of rotatable bonds is 5. The molecule has 0 aromatic carbocycles. The van der Waals surface area contributed by atoms with Gasteiger partial charge < -0.3 is 5.11 Å². The predicted octanol–water partition coefficient (Wildman–Crippen LogP) is 2.42. The van der Waals surface area contributed by atoms with Crippen LogP contribution in [0.2, 0.25) is 0 Å². The first-order valence-electron chi connectivity index (χ1n) is 5.32. The maximum atomic E-state index is 9.75. The van der Waals surface area contributed by atoms with Crippen molar-refractivity contribution in [3.05, 3.63) is 30.1 Å². The smallest absolute Gasteiger partial charge is 0.0569 e. The molecule has 2 unspecified atom stereocenters. The van der Waals surface area contributed by atoms with E-state index < -0.39 is 0 Å². The number of pyridine rings is 1. The van der Waals surface area contributed by atoms with Gasteiger partial charge in [-0.2, -0.15) is 0 Å². The van der Waals surface area contributed by atoms with Crippen molar-refractivity contribution in [3.8, 4) is 0 Å². The lowest BCUT2D eigenvalue weighted by atomic mass is 9.97. The fraction of sp³-hybridized carbons (Fsp3) is 0.583. The molecule has 78 valence electrons. The lowest BCUT2D eigenvalue weighted by molar-refractivity contribution is 0.106. The second kappa shape index (κ2) is 5.76. The second-order valence-electron chi connectivity index (χ2n) is 3.81. The van der Waals surface area contributed by atoms with Crippen molar-refractivity contribution >= 4 is 0 Å². The largest absolute Gasteiger partial charge is 0.393 e. The molecule has 2 nitrogen and oxygen atoms in total. The van der Waals surface area contributed by atoms with Crippen molar-refractivity contribution in [2.24, 2.45) is 5.92 Å². The van der Waals surface area contributed by atoms with Gasteiger partial charge in [-0.3, -0.25) is 4.98 Å². The number of hydrogen-bond acceptors (Lipinski definition) is 2. The fourth-order valence-corrected chi connectivity index (χ4v) is 1.40. The molecule has 1 heterocycles. The van der Waals surface area contributed by atoms with Crippen LogP contribution in [0.25, 0.3) is 0 Å². The van der Waals surface area contributed by atoms with Gasteiger partial charge in [0.1, 0.15) is 0 Å². The molecule has 0 aliphatic rings. The normalized spacial score (nSPS) is 15.1. The Kier molecular flexibility index (Phi) is 4.60. The van der Waals surface area contributed by atoms with E-state index in [9.17, 15) is 5.11 Å². The Labute approximate surface area is 86.0 Å². The van der Waals surface area contributed by atoms with Crippen LogP contribution in [0.3, 0.4) is 0 Å². The average Bonchev–Trinajstić information content (AvgIpc) is 2.26. The van der Waals surface area contributed by atoms with E-state index >= 15 is 0 Å². The quantitative estimate of drug-likeness (QED) is 0.779. The minimum atomic E-state index is -0.193. The van der Waals surface area contributed by atoms with Crippen LogP contribution < -0.4 is 0 Å². The van der Waals surface area contributed by atoms with Crippen molar-refractivity contribution in [2.45, 2.75) is 39.2 Å². The summed E-state index contributed by atoms with van der Waals surface area (Å²) in [7, 11) is 0. The Morgan fingerprint density at radius 2 is 2.21 bits per heavy atom. The molecule has 0 spiro atoms. The molecular formula is C12H19NO. The third-order valence-corrected chi connectivity index (χ3v) is 2.72. The van der Waals surface area contributed by atoms with E-state index in [1.54, 1.807) is 6.20 Å². The lowest BCUT2D eigenvalue weighted by Gasteiger charge is -2.16. The predicted molar refractivity (Wildman–Crippen MR) is 58.0 cm³/mol. The van der Waals surface area contributed by atoms with E-state index in [4.69, 9.17) is 0 Å². The van der Waals surface area contributed by atoms with Crippen LogP contribution in [-0.2, 0) is 6.42 Å². The van der Waals surface area contributed by atoms with Gasteiger partial charge in [0.05, 0.1) is 6.10 Å². The van der Waals surface area contributed by atoms with Gasteiger partial charge in [0.2, 0.25) is 0 Å². The van der Waals surface area contributed by atoms with Gasteiger partial charge in [-0.1, -0.05) is 26.3 Å². The highest BCUT2D eigenvalue weighted by molar-refractivity contribution is 5.03. The molecule has 0 fully saturated rings. The van der Waals surface area contributed by atoms with E-state index in [0.29, 0.717) is 5.92 Å². The summed E-state index contributed by atoms with van der Waals surface area (Å²) in [4.78, 5) is 4.22. The minimum absolute atomic E-state index is 0.193. The summed E-state index contributed by atoms with van der Waals surface area (Å²) in [5, 5.41) is 9.75. The van der Waals surface area contributed by atoms with Crippen LogP contribution in [0.4, 0.5) is 0 Å². The van der Waals surface area contributed by atoms with Crippen LogP contribution in [0, 0.1) is 5.92 Å². The maximum absolute atomic E-state index is 9.75. The zero-order valence-electron chi connectivity index (χ0n) is 8.98. The third kappa shape index (κ3) is 3.46. The number of nitrogens with zero attached hydrogens (tertiary/aromatic N) is 1. The van der Waals surface area contributed by atoms with E-state index in [2.05, 4.69) is 18.8 Å². The number of aliphatic hydroxyl groups is 1. The molecule has 0 amide bonds. The maximum Gasteiger partial charge on any atom is 0.0569 e. The highest BCUT2D eigenvalue weighted by Gasteiger charge is 2.11. The van der Waals surface area contributed by atoms with E-state index in [-0.39, 0.29) is 6.10 Å². The van der Waals surface area contributed by atoms with Crippen molar-refractivity contribution in [1.29, 1.82) is 0 Å². The summed E-state index contributed by atoms with van der Waals surface area (Å²) in [6.07, 6.45) is 4.31. The standard InChI is InChI=1S/C12H19NO/c1-3-10(2)12(14)8-7-11-6-4-5-9-13-11/h4-6,9-10,12,14H,3,7-8H2,1-2H3.